The average molecular weight is 442 g/mol. The van der Waals surface area contributed by atoms with Crippen LogP contribution in [0.5, 0.6) is 5.75 Å². The van der Waals surface area contributed by atoms with Crippen molar-refractivity contribution in [3.05, 3.63) is 58.6 Å². The van der Waals surface area contributed by atoms with Crippen LogP contribution in [0.25, 0.3) is 0 Å². The molecular formula is C24H28ClN3O3. The van der Waals surface area contributed by atoms with Gasteiger partial charge < -0.3 is 15.0 Å². The van der Waals surface area contributed by atoms with Crippen molar-refractivity contribution in [3.8, 4) is 5.75 Å². The molecule has 0 radical (unpaired) electrons. The summed E-state index contributed by atoms with van der Waals surface area (Å²) in [4.78, 5) is 29.8. The maximum absolute atomic E-state index is 13.4. The third-order valence-corrected chi connectivity index (χ3v) is 6.25. The lowest BCUT2D eigenvalue weighted by molar-refractivity contribution is -0.126. The lowest BCUT2D eigenvalue weighted by atomic mass is 9.97. The molecule has 0 aliphatic carbocycles. The molecule has 1 saturated heterocycles. The minimum atomic E-state index is -0.226. The number of nitrogens with one attached hydrogen (secondary N) is 1. The molecule has 4 rings (SSSR count). The number of anilines is 1. The number of piperidine rings is 1. The van der Waals surface area contributed by atoms with E-state index in [1.807, 2.05) is 56.3 Å². The Hall–Kier alpha value is -2.73. The Morgan fingerprint density at radius 1 is 1.19 bits per heavy atom. The fourth-order valence-electron chi connectivity index (χ4n) is 4.23. The molecule has 3 amide bonds. The van der Waals surface area contributed by atoms with Crippen molar-refractivity contribution < 1.29 is 14.3 Å². The van der Waals surface area contributed by atoms with Gasteiger partial charge in [0.1, 0.15) is 11.9 Å². The standard InChI is InChI=1S/C24H28ClN3O3/c1-16-9-10-22-21(12-16)28(14-17(2)31-22)24(30)27-11-5-7-19(15-27)23(29)26-13-18-6-3-4-8-20(18)25/h3-4,6,8-10,12,17,19H,5,7,11,13-15H2,1-2H3,(H,26,29)/t17-,19+/m1/s1. The Labute approximate surface area is 188 Å². The molecule has 2 atom stereocenters. The molecule has 0 aromatic heterocycles. The van der Waals surface area contributed by atoms with Crippen LogP contribution in [0, 0.1) is 12.8 Å². The summed E-state index contributed by atoms with van der Waals surface area (Å²) in [5.74, 6) is 0.461. The summed E-state index contributed by atoms with van der Waals surface area (Å²) >= 11 is 6.19. The van der Waals surface area contributed by atoms with Crippen LogP contribution in [0.15, 0.2) is 42.5 Å². The van der Waals surface area contributed by atoms with Gasteiger partial charge in [-0.15, -0.1) is 0 Å². The molecule has 0 spiro atoms. The first-order chi connectivity index (χ1) is 14.9. The van der Waals surface area contributed by atoms with E-state index in [4.69, 9.17) is 16.3 Å². The van der Waals surface area contributed by atoms with E-state index >= 15 is 0 Å². The molecule has 0 saturated carbocycles. The predicted octanol–water partition coefficient (Wildman–Crippen LogP) is 4.38. The van der Waals surface area contributed by atoms with Crippen LogP contribution in [0.1, 0.15) is 30.9 Å². The molecule has 1 fully saturated rings. The maximum Gasteiger partial charge on any atom is 0.324 e. The molecule has 2 aromatic rings. The number of halogens is 1. The van der Waals surface area contributed by atoms with Gasteiger partial charge in [-0.3, -0.25) is 9.69 Å². The maximum atomic E-state index is 13.4. The van der Waals surface area contributed by atoms with E-state index in [-0.39, 0.29) is 24.0 Å². The van der Waals surface area contributed by atoms with Gasteiger partial charge in [-0.05, 0) is 56.0 Å². The number of likely N-dealkylation sites (tertiary alicyclic amines) is 1. The van der Waals surface area contributed by atoms with E-state index in [0.717, 1.165) is 35.4 Å². The Balaban J connectivity index is 1.43. The number of rotatable bonds is 3. The van der Waals surface area contributed by atoms with E-state index in [9.17, 15) is 9.59 Å². The van der Waals surface area contributed by atoms with Crippen molar-refractivity contribution >= 4 is 29.2 Å². The second-order valence-electron chi connectivity index (χ2n) is 8.39. The summed E-state index contributed by atoms with van der Waals surface area (Å²) in [6.45, 7) is 5.91. The van der Waals surface area contributed by atoms with Crippen molar-refractivity contribution in [2.45, 2.75) is 39.3 Å². The number of benzene rings is 2. The number of amides is 3. The van der Waals surface area contributed by atoms with E-state index in [1.54, 1.807) is 9.80 Å². The molecule has 7 heteroatoms. The van der Waals surface area contributed by atoms with Gasteiger partial charge in [0.2, 0.25) is 5.91 Å². The summed E-state index contributed by atoms with van der Waals surface area (Å²) in [6.07, 6.45) is 1.49. The van der Waals surface area contributed by atoms with Crippen LogP contribution in [-0.2, 0) is 11.3 Å². The highest BCUT2D eigenvalue weighted by molar-refractivity contribution is 6.31. The fourth-order valence-corrected chi connectivity index (χ4v) is 4.44. The van der Waals surface area contributed by atoms with Crippen molar-refractivity contribution in [2.75, 3.05) is 24.5 Å². The topological polar surface area (TPSA) is 61.9 Å². The third-order valence-electron chi connectivity index (χ3n) is 5.88. The number of urea groups is 1. The average Bonchev–Trinajstić information content (AvgIpc) is 2.77. The van der Waals surface area contributed by atoms with Crippen molar-refractivity contribution in [3.63, 3.8) is 0 Å². The van der Waals surface area contributed by atoms with Crippen molar-refractivity contribution in [2.24, 2.45) is 5.92 Å². The van der Waals surface area contributed by atoms with Gasteiger partial charge in [0.05, 0.1) is 18.2 Å². The van der Waals surface area contributed by atoms with Crippen LogP contribution >= 0.6 is 11.6 Å². The van der Waals surface area contributed by atoms with Crippen LogP contribution in [0.4, 0.5) is 10.5 Å². The number of aryl methyl sites for hydroxylation is 1. The SMILES string of the molecule is Cc1ccc2c(c1)N(C(=O)N1CCC[C@H](C(=O)NCc3ccccc3Cl)C1)C[C@@H](C)O2. The molecule has 31 heavy (non-hydrogen) atoms. The van der Waals surface area contributed by atoms with Crippen molar-refractivity contribution in [1.29, 1.82) is 0 Å². The zero-order valence-corrected chi connectivity index (χ0v) is 18.7. The number of hydrogen-bond acceptors (Lipinski definition) is 3. The van der Waals surface area contributed by atoms with Gasteiger partial charge >= 0.3 is 6.03 Å². The molecule has 0 unspecified atom stereocenters. The quantitative estimate of drug-likeness (QED) is 0.768. The summed E-state index contributed by atoms with van der Waals surface area (Å²) in [5, 5.41) is 3.62. The number of hydrogen-bond donors (Lipinski definition) is 1. The summed E-state index contributed by atoms with van der Waals surface area (Å²) in [7, 11) is 0. The van der Waals surface area contributed by atoms with Gasteiger partial charge in [-0.1, -0.05) is 35.9 Å². The molecule has 6 nitrogen and oxygen atoms in total. The summed E-state index contributed by atoms with van der Waals surface area (Å²) in [5.41, 5.74) is 2.76. The number of ether oxygens (including phenoxy) is 1. The molecule has 164 valence electrons. The molecule has 0 bridgehead atoms. The molecule has 2 aliphatic rings. The van der Waals surface area contributed by atoms with Gasteiger partial charge in [-0.25, -0.2) is 4.79 Å². The van der Waals surface area contributed by atoms with Crippen molar-refractivity contribution in [1.82, 2.24) is 10.2 Å². The molecule has 1 N–H and O–H groups in total. The zero-order valence-electron chi connectivity index (χ0n) is 17.9. The van der Waals surface area contributed by atoms with E-state index in [1.165, 1.54) is 0 Å². The highest BCUT2D eigenvalue weighted by Crippen LogP contribution is 2.35. The number of fused-ring (bicyclic) bond motifs is 1. The highest BCUT2D eigenvalue weighted by Gasteiger charge is 2.34. The molecule has 2 heterocycles. The molecular weight excluding hydrogens is 414 g/mol. The van der Waals surface area contributed by atoms with Crippen LogP contribution in [0.3, 0.4) is 0 Å². The van der Waals surface area contributed by atoms with Gasteiger partial charge in [0, 0.05) is 24.7 Å². The normalized spacial score (nSPS) is 20.6. The Kier molecular flexibility index (Phi) is 6.37. The van der Waals surface area contributed by atoms with Crippen LogP contribution < -0.4 is 15.0 Å². The second kappa shape index (κ2) is 9.18. The number of carbonyl (C=O) groups excluding carboxylic acids is 2. The Bertz CT molecular complexity index is 980. The predicted molar refractivity (Wildman–Crippen MR) is 122 cm³/mol. The first kappa shape index (κ1) is 21.5. The Morgan fingerprint density at radius 2 is 2.00 bits per heavy atom. The summed E-state index contributed by atoms with van der Waals surface area (Å²) < 4.78 is 5.91. The van der Waals surface area contributed by atoms with Gasteiger partial charge in [0.25, 0.3) is 0 Å². The largest absolute Gasteiger partial charge is 0.487 e. The van der Waals surface area contributed by atoms with Gasteiger partial charge in [-0.2, -0.15) is 0 Å². The molecule has 2 aromatic carbocycles. The lowest BCUT2D eigenvalue weighted by Gasteiger charge is -2.39. The lowest BCUT2D eigenvalue weighted by Crippen LogP contribution is -2.53. The third kappa shape index (κ3) is 4.79. The number of nitrogens with zero attached hydrogens (tertiary/aromatic N) is 2. The fraction of sp³-hybridized carbons (Fsp3) is 0.417. The van der Waals surface area contributed by atoms with E-state index in [2.05, 4.69) is 5.32 Å². The minimum absolute atomic E-state index is 0.0380. The second-order valence-corrected chi connectivity index (χ2v) is 8.79. The first-order valence-corrected chi connectivity index (χ1v) is 11.1. The van der Waals surface area contributed by atoms with E-state index in [0.29, 0.717) is 31.2 Å². The minimum Gasteiger partial charge on any atom is -0.487 e. The monoisotopic (exact) mass is 441 g/mol. The van der Waals surface area contributed by atoms with E-state index < -0.39 is 0 Å². The van der Waals surface area contributed by atoms with Crippen LogP contribution in [-0.4, -0.2) is 42.6 Å². The first-order valence-electron chi connectivity index (χ1n) is 10.8. The summed E-state index contributed by atoms with van der Waals surface area (Å²) in [6, 6.07) is 13.3. The van der Waals surface area contributed by atoms with Crippen LogP contribution in [0.2, 0.25) is 5.02 Å². The molecule has 2 aliphatic heterocycles. The Morgan fingerprint density at radius 3 is 2.81 bits per heavy atom. The zero-order chi connectivity index (χ0) is 22.0. The number of carbonyl (C=O) groups is 2. The highest BCUT2D eigenvalue weighted by atomic mass is 35.5. The van der Waals surface area contributed by atoms with Gasteiger partial charge in [0.15, 0.2) is 0 Å². The smallest absolute Gasteiger partial charge is 0.324 e.